The van der Waals surface area contributed by atoms with Crippen molar-refractivity contribution >= 4 is 50.9 Å². The SMILES string of the molecule is C=CCn1c(SCC(=O)Nc2ccc(Br)cc2Cl)nnc1-c1ccccn1. The molecule has 9 heteroatoms. The summed E-state index contributed by atoms with van der Waals surface area (Å²) in [6.07, 6.45) is 3.45. The Bertz CT molecular complexity index is 964. The monoisotopic (exact) mass is 463 g/mol. The standard InChI is InChI=1S/C18H15BrClN5OS/c1-2-9-25-17(15-5-3-4-8-21-15)23-24-18(25)27-11-16(26)22-14-7-6-12(19)10-13(14)20/h2-8,10H,1,9,11H2,(H,22,26). The number of benzene rings is 1. The molecular weight excluding hydrogens is 450 g/mol. The molecule has 2 heterocycles. The van der Waals surface area contributed by atoms with Crippen LogP contribution < -0.4 is 5.32 Å². The van der Waals surface area contributed by atoms with Crippen LogP contribution in [0.2, 0.25) is 5.02 Å². The number of carbonyl (C=O) groups is 1. The highest BCUT2D eigenvalue weighted by molar-refractivity contribution is 9.10. The molecule has 6 nitrogen and oxygen atoms in total. The van der Waals surface area contributed by atoms with E-state index in [1.54, 1.807) is 24.4 Å². The third-order valence-corrected chi connectivity index (χ3v) is 5.23. The molecule has 3 rings (SSSR count). The number of amides is 1. The second-order valence-electron chi connectivity index (χ2n) is 5.38. The lowest BCUT2D eigenvalue weighted by Gasteiger charge is -2.09. The molecule has 0 unspecified atom stereocenters. The third-order valence-electron chi connectivity index (χ3n) is 3.46. The molecule has 0 saturated heterocycles. The fourth-order valence-corrected chi connectivity index (χ4v) is 3.75. The van der Waals surface area contributed by atoms with Crippen LogP contribution in [0, 0.1) is 0 Å². The summed E-state index contributed by atoms with van der Waals surface area (Å²) in [5, 5.41) is 12.3. The van der Waals surface area contributed by atoms with Gasteiger partial charge in [-0.1, -0.05) is 51.4 Å². The minimum atomic E-state index is -0.184. The summed E-state index contributed by atoms with van der Waals surface area (Å²) in [6.45, 7) is 4.29. The molecule has 0 fully saturated rings. The lowest BCUT2D eigenvalue weighted by atomic mass is 10.3. The Balaban J connectivity index is 1.71. The van der Waals surface area contributed by atoms with Gasteiger partial charge in [0, 0.05) is 17.2 Å². The number of hydrogen-bond acceptors (Lipinski definition) is 5. The van der Waals surface area contributed by atoms with E-state index in [1.807, 2.05) is 28.8 Å². The molecule has 0 aliphatic rings. The first kappa shape index (κ1) is 19.6. The average molecular weight is 465 g/mol. The van der Waals surface area contributed by atoms with Crippen molar-refractivity contribution in [3.8, 4) is 11.5 Å². The minimum absolute atomic E-state index is 0.171. The molecule has 138 valence electrons. The van der Waals surface area contributed by atoms with Crippen LogP contribution in [0.5, 0.6) is 0 Å². The van der Waals surface area contributed by atoms with Gasteiger partial charge in [0.15, 0.2) is 11.0 Å². The van der Waals surface area contributed by atoms with E-state index in [2.05, 4.69) is 43.0 Å². The predicted molar refractivity (Wildman–Crippen MR) is 112 cm³/mol. The Hall–Kier alpha value is -2.16. The summed E-state index contributed by atoms with van der Waals surface area (Å²) < 4.78 is 2.72. The van der Waals surface area contributed by atoms with Crippen LogP contribution in [-0.2, 0) is 11.3 Å². The first-order valence-corrected chi connectivity index (χ1v) is 10.1. The quantitative estimate of drug-likeness (QED) is 0.406. The maximum atomic E-state index is 12.3. The molecule has 0 radical (unpaired) electrons. The summed E-state index contributed by atoms with van der Waals surface area (Å²) in [7, 11) is 0. The van der Waals surface area contributed by atoms with E-state index >= 15 is 0 Å². The van der Waals surface area contributed by atoms with E-state index < -0.39 is 0 Å². The molecule has 0 bridgehead atoms. The van der Waals surface area contributed by atoms with Gasteiger partial charge < -0.3 is 5.32 Å². The van der Waals surface area contributed by atoms with E-state index in [1.165, 1.54) is 11.8 Å². The third kappa shape index (κ3) is 4.97. The van der Waals surface area contributed by atoms with Gasteiger partial charge in [-0.2, -0.15) is 0 Å². The van der Waals surface area contributed by atoms with Crippen LogP contribution in [0.1, 0.15) is 0 Å². The molecule has 0 aliphatic carbocycles. The number of aromatic nitrogens is 4. The van der Waals surface area contributed by atoms with E-state index in [0.29, 0.717) is 33.9 Å². The van der Waals surface area contributed by atoms with E-state index in [4.69, 9.17) is 11.6 Å². The summed E-state index contributed by atoms with van der Waals surface area (Å²) in [5.41, 5.74) is 1.27. The van der Waals surface area contributed by atoms with Gasteiger partial charge in [0.1, 0.15) is 5.69 Å². The van der Waals surface area contributed by atoms with Crippen molar-refractivity contribution in [3.05, 3.63) is 64.7 Å². The highest BCUT2D eigenvalue weighted by atomic mass is 79.9. The molecule has 1 amide bonds. The fourth-order valence-electron chi connectivity index (χ4n) is 2.28. The number of anilines is 1. The highest BCUT2D eigenvalue weighted by Crippen LogP contribution is 2.27. The number of carbonyl (C=O) groups excluding carboxylic acids is 1. The molecule has 0 spiro atoms. The number of rotatable bonds is 7. The molecule has 0 aliphatic heterocycles. The van der Waals surface area contributed by atoms with Gasteiger partial charge in [0.05, 0.1) is 16.5 Å². The lowest BCUT2D eigenvalue weighted by Crippen LogP contribution is -2.15. The number of nitrogens with one attached hydrogen (secondary N) is 1. The molecule has 1 N–H and O–H groups in total. The zero-order valence-electron chi connectivity index (χ0n) is 14.1. The topological polar surface area (TPSA) is 72.7 Å². The molecule has 2 aromatic heterocycles. The van der Waals surface area contributed by atoms with Gasteiger partial charge in [-0.15, -0.1) is 16.8 Å². The van der Waals surface area contributed by atoms with Crippen molar-refractivity contribution in [3.63, 3.8) is 0 Å². The molecule has 27 heavy (non-hydrogen) atoms. The largest absolute Gasteiger partial charge is 0.324 e. The van der Waals surface area contributed by atoms with Crippen molar-refractivity contribution in [2.75, 3.05) is 11.1 Å². The van der Waals surface area contributed by atoms with Crippen LogP contribution in [0.15, 0.2) is 64.9 Å². The first-order chi connectivity index (χ1) is 13.1. The Morgan fingerprint density at radius 1 is 1.33 bits per heavy atom. The van der Waals surface area contributed by atoms with Gasteiger partial charge in [0.2, 0.25) is 5.91 Å². The van der Waals surface area contributed by atoms with Gasteiger partial charge in [-0.3, -0.25) is 14.3 Å². The summed E-state index contributed by atoms with van der Waals surface area (Å²) in [5.74, 6) is 0.621. The highest BCUT2D eigenvalue weighted by Gasteiger charge is 2.16. The first-order valence-electron chi connectivity index (χ1n) is 7.91. The number of hydrogen-bond donors (Lipinski definition) is 1. The zero-order valence-corrected chi connectivity index (χ0v) is 17.3. The Kier molecular flexibility index (Phi) is 6.65. The molecule has 3 aromatic rings. The summed E-state index contributed by atoms with van der Waals surface area (Å²) >= 11 is 10.8. The van der Waals surface area contributed by atoms with Crippen LogP contribution in [0.4, 0.5) is 5.69 Å². The zero-order chi connectivity index (χ0) is 19.2. The second-order valence-corrected chi connectivity index (χ2v) is 7.65. The maximum absolute atomic E-state index is 12.3. The average Bonchev–Trinajstić information content (AvgIpc) is 3.06. The number of halogens is 2. The fraction of sp³-hybridized carbons (Fsp3) is 0.111. The Labute approximate surface area is 174 Å². The van der Waals surface area contributed by atoms with Crippen LogP contribution in [0.3, 0.4) is 0 Å². The van der Waals surface area contributed by atoms with Crippen LogP contribution in [-0.4, -0.2) is 31.4 Å². The van der Waals surface area contributed by atoms with Crippen molar-refractivity contribution < 1.29 is 4.79 Å². The Morgan fingerprint density at radius 2 is 2.19 bits per heavy atom. The van der Waals surface area contributed by atoms with Gasteiger partial charge in [-0.25, -0.2) is 0 Å². The van der Waals surface area contributed by atoms with Crippen molar-refractivity contribution in [1.82, 2.24) is 19.7 Å². The van der Waals surface area contributed by atoms with Crippen LogP contribution >= 0.6 is 39.3 Å². The molecule has 0 atom stereocenters. The van der Waals surface area contributed by atoms with Crippen LogP contribution in [0.25, 0.3) is 11.5 Å². The second kappa shape index (κ2) is 9.16. The van der Waals surface area contributed by atoms with E-state index in [0.717, 1.165) is 4.47 Å². The van der Waals surface area contributed by atoms with Crippen molar-refractivity contribution in [1.29, 1.82) is 0 Å². The normalized spacial score (nSPS) is 10.6. The van der Waals surface area contributed by atoms with E-state index in [-0.39, 0.29) is 11.7 Å². The molecule has 1 aromatic carbocycles. The number of pyridine rings is 1. The van der Waals surface area contributed by atoms with Gasteiger partial charge in [-0.05, 0) is 30.3 Å². The number of thioether (sulfide) groups is 1. The predicted octanol–water partition coefficient (Wildman–Crippen LogP) is 4.67. The smallest absolute Gasteiger partial charge is 0.234 e. The van der Waals surface area contributed by atoms with Gasteiger partial charge >= 0.3 is 0 Å². The molecule has 0 saturated carbocycles. The summed E-state index contributed by atoms with van der Waals surface area (Å²) in [4.78, 5) is 16.6. The maximum Gasteiger partial charge on any atom is 0.234 e. The van der Waals surface area contributed by atoms with Gasteiger partial charge in [0.25, 0.3) is 0 Å². The van der Waals surface area contributed by atoms with E-state index in [9.17, 15) is 4.79 Å². The number of allylic oxidation sites excluding steroid dienone is 1. The van der Waals surface area contributed by atoms with Crippen molar-refractivity contribution in [2.24, 2.45) is 0 Å². The van der Waals surface area contributed by atoms with Crippen molar-refractivity contribution in [2.45, 2.75) is 11.7 Å². The molecular formula is C18H15BrClN5OS. The lowest BCUT2D eigenvalue weighted by molar-refractivity contribution is -0.113. The minimum Gasteiger partial charge on any atom is -0.324 e. The summed E-state index contributed by atoms with van der Waals surface area (Å²) in [6, 6.07) is 10.9. The Morgan fingerprint density at radius 3 is 2.89 bits per heavy atom. The number of nitrogens with zero attached hydrogens (tertiary/aromatic N) is 4.